The molecule has 0 radical (unpaired) electrons. The number of hydrogen-bond acceptors (Lipinski definition) is 5. The molecule has 0 aromatic heterocycles. The van der Waals surface area contributed by atoms with Crippen molar-refractivity contribution in [1.29, 1.82) is 0 Å². The molecule has 0 unspecified atom stereocenters. The van der Waals surface area contributed by atoms with Crippen LogP contribution in [-0.4, -0.2) is 40.8 Å². The molecule has 0 aliphatic rings. The standard InChI is InChI=1S/C13H22N2O4S.ClH/c1-13(2,10-14)15-20(16,17)12-6-4-11(5-7-12)19-9-8-18-3;/h4-7,15H,8-10,14H2,1-3H3;1H. The van der Waals surface area contributed by atoms with Gasteiger partial charge in [-0.25, -0.2) is 13.1 Å². The van der Waals surface area contributed by atoms with E-state index in [1.165, 1.54) is 12.1 Å². The van der Waals surface area contributed by atoms with E-state index in [0.29, 0.717) is 19.0 Å². The molecule has 0 aliphatic carbocycles. The van der Waals surface area contributed by atoms with E-state index in [2.05, 4.69) is 4.72 Å². The van der Waals surface area contributed by atoms with Crippen molar-refractivity contribution in [1.82, 2.24) is 4.72 Å². The Bertz CT molecular complexity index is 517. The Balaban J connectivity index is 0.00000400. The van der Waals surface area contributed by atoms with Gasteiger partial charge in [0.25, 0.3) is 0 Å². The summed E-state index contributed by atoms with van der Waals surface area (Å²) in [6, 6.07) is 6.22. The highest BCUT2D eigenvalue weighted by atomic mass is 35.5. The zero-order valence-corrected chi connectivity index (χ0v) is 14.1. The van der Waals surface area contributed by atoms with Gasteiger partial charge in [0.1, 0.15) is 12.4 Å². The third-order valence-electron chi connectivity index (χ3n) is 2.61. The van der Waals surface area contributed by atoms with Crippen LogP contribution in [-0.2, 0) is 14.8 Å². The Hall–Kier alpha value is -0.860. The molecule has 122 valence electrons. The number of halogens is 1. The summed E-state index contributed by atoms with van der Waals surface area (Å²) in [5, 5.41) is 0. The largest absolute Gasteiger partial charge is 0.491 e. The first-order chi connectivity index (χ1) is 9.30. The maximum absolute atomic E-state index is 12.2. The van der Waals surface area contributed by atoms with Gasteiger partial charge in [0.2, 0.25) is 10.0 Å². The summed E-state index contributed by atoms with van der Waals surface area (Å²) in [5.74, 6) is 0.596. The number of sulfonamides is 1. The smallest absolute Gasteiger partial charge is 0.241 e. The number of benzene rings is 1. The molecule has 0 atom stereocenters. The zero-order chi connectivity index (χ0) is 15.2. The molecule has 8 heteroatoms. The van der Waals surface area contributed by atoms with Crippen molar-refractivity contribution in [3.63, 3.8) is 0 Å². The van der Waals surface area contributed by atoms with E-state index in [9.17, 15) is 8.42 Å². The summed E-state index contributed by atoms with van der Waals surface area (Å²) >= 11 is 0. The van der Waals surface area contributed by atoms with Crippen LogP contribution in [0.5, 0.6) is 5.75 Å². The predicted molar refractivity (Wildman–Crippen MR) is 84.5 cm³/mol. The van der Waals surface area contributed by atoms with Crippen LogP contribution in [0.25, 0.3) is 0 Å². The van der Waals surface area contributed by atoms with Gasteiger partial charge in [0.05, 0.1) is 11.5 Å². The Morgan fingerprint density at radius 2 is 1.76 bits per heavy atom. The molecule has 1 rings (SSSR count). The lowest BCUT2D eigenvalue weighted by Crippen LogP contribution is -2.48. The number of ether oxygens (including phenoxy) is 2. The van der Waals surface area contributed by atoms with Gasteiger partial charge in [0.15, 0.2) is 0 Å². The summed E-state index contributed by atoms with van der Waals surface area (Å²) in [5.41, 5.74) is 4.84. The average Bonchev–Trinajstić information content (AvgIpc) is 2.38. The van der Waals surface area contributed by atoms with Crippen molar-refractivity contribution in [2.24, 2.45) is 5.73 Å². The number of methoxy groups -OCH3 is 1. The molecule has 0 spiro atoms. The van der Waals surface area contributed by atoms with E-state index in [1.807, 2.05) is 0 Å². The third-order valence-corrected chi connectivity index (χ3v) is 4.33. The fourth-order valence-corrected chi connectivity index (χ4v) is 2.85. The molecule has 0 heterocycles. The maximum atomic E-state index is 12.2. The lowest BCUT2D eigenvalue weighted by molar-refractivity contribution is 0.146. The quantitative estimate of drug-likeness (QED) is 0.694. The molecule has 1 aromatic carbocycles. The summed E-state index contributed by atoms with van der Waals surface area (Å²) in [7, 11) is -2.00. The Morgan fingerprint density at radius 3 is 2.24 bits per heavy atom. The van der Waals surface area contributed by atoms with Crippen LogP contribution >= 0.6 is 12.4 Å². The van der Waals surface area contributed by atoms with Gasteiger partial charge in [-0.3, -0.25) is 0 Å². The fourth-order valence-electron chi connectivity index (χ4n) is 1.42. The van der Waals surface area contributed by atoms with E-state index in [1.54, 1.807) is 33.1 Å². The SMILES string of the molecule is COCCOc1ccc(S(=O)(=O)NC(C)(C)CN)cc1.Cl. The molecule has 3 N–H and O–H groups in total. The summed E-state index contributed by atoms with van der Waals surface area (Å²) in [6.45, 7) is 4.57. The van der Waals surface area contributed by atoms with Crippen LogP contribution < -0.4 is 15.2 Å². The van der Waals surface area contributed by atoms with Crippen LogP contribution in [0.4, 0.5) is 0 Å². The van der Waals surface area contributed by atoms with Gasteiger partial charge in [0, 0.05) is 19.2 Å². The molecule has 21 heavy (non-hydrogen) atoms. The zero-order valence-electron chi connectivity index (χ0n) is 12.5. The lowest BCUT2D eigenvalue weighted by Gasteiger charge is -2.23. The highest BCUT2D eigenvalue weighted by molar-refractivity contribution is 7.89. The van der Waals surface area contributed by atoms with Crippen LogP contribution in [0.15, 0.2) is 29.2 Å². The topological polar surface area (TPSA) is 90.6 Å². The first-order valence-corrected chi connectivity index (χ1v) is 7.75. The number of rotatable bonds is 8. The van der Waals surface area contributed by atoms with Crippen molar-refractivity contribution < 1.29 is 17.9 Å². The molecule has 0 fully saturated rings. The highest BCUT2D eigenvalue weighted by Crippen LogP contribution is 2.17. The molecule has 6 nitrogen and oxygen atoms in total. The molecular formula is C13H23ClN2O4S. The number of nitrogens with two attached hydrogens (primary N) is 1. The molecule has 0 amide bonds. The van der Waals surface area contributed by atoms with E-state index >= 15 is 0 Å². The highest BCUT2D eigenvalue weighted by Gasteiger charge is 2.24. The maximum Gasteiger partial charge on any atom is 0.241 e. The first kappa shape index (κ1) is 20.1. The van der Waals surface area contributed by atoms with E-state index in [4.69, 9.17) is 15.2 Å². The Morgan fingerprint density at radius 1 is 1.19 bits per heavy atom. The second kappa shape index (κ2) is 8.55. The Kier molecular flexibility index (Phi) is 8.20. The number of hydrogen-bond donors (Lipinski definition) is 2. The van der Waals surface area contributed by atoms with Crippen molar-refractivity contribution >= 4 is 22.4 Å². The second-order valence-electron chi connectivity index (χ2n) is 5.01. The summed E-state index contributed by atoms with van der Waals surface area (Å²) < 4.78 is 37.1. The van der Waals surface area contributed by atoms with Gasteiger partial charge in [-0.1, -0.05) is 0 Å². The van der Waals surface area contributed by atoms with Crippen molar-refractivity contribution in [2.75, 3.05) is 26.9 Å². The summed E-state index contributed by atoms with van der Waals surface area (Å²) in [6.07, 6.45) is 0. The fraction of sp³-hybridized carbons (Fsp3) is 0.538. The van der Waals surface area contributed by atoms with Gasteiger partial charge >= 0.3 is 0 Å². The minimum atomic E-state index is -3.58. The van der Waals surface area contributed by atoms with Crippen molar-refractivity contribution in [3.05, 3.63) is 24.3 Å². The minimum absolute atomic E-state index is 0. The molecular weight excluding hydrogens is 316 g/mol. The second-order valence-corrected chi connectivity index (χ2v) is 6.69. The molecule has 0 aliphatic heterocycles. The average molecular weight is 339 g/mol. The molecule has 1 aromatic rings. The molecule has 0 saturated heterocycles. The first-order valence-electron chi connectivity index (χ1n) is 6.26. The molecule has 0 bridgehead atoms. The predicted octanol–water partition coefficient (Wildman–Crippen LogP) is 1.15. The van der Waals surface area contributed by atoms with Gasteiger partial charge in [-0.15, -0.1) is 12.4 Å². The minimum Gasteiger partial charge on any atom is -0.491 e. The van der Waals surface area contributed by atoms with E-state index in [0.717, 1.165) is 0 Å². The van der Waals surface area contributed by atoms with Crippen molar-refractivity contribution in [2.45, 2.75) is 24.3 Å². The van der Waals surface area contributed by atoms with Crippen LogP contribution in [0.2, 0.25) is 0 Å². The van der Waals surface area contributed by atoms with Crippen LogP contribution in [0.3, 0.4) is 0 Å². The lowest BCUT2D eigenvalue weighted by atomic mass is 10.1. The number of nitrogens with one attached hydrogen (secondary N) is 1. The van der Waals surface area contributed by atoms with Gasteiger partial charge in [-0.2, -0.15) is 0 Å². The normalized spacial score (nSPS) is 11.8. The van der Waals surface area contributed by atoms with Crippen LogP contribution in [0, 0.1) is 0 Å². The van der Waals surface area contributed by atoms with Crippen molar-refractivity contribution in [3.8, 4) is 5.75 Å². The monoisotopic (exact) mass is 338 g/mol. The van der Waals surface area contributed by atoms with E-state index in [-0.39, 0.29) is 23.8 Å². The van der Waals surface area contributed by atoms with Gasteiger partial charge < -0.3 is 15.2 Å². The Labute approximate surface area is 132 Å². The van der Waals surface area contributed by atoms with Crippen LogP contribution in [0.1, 0.15) is 13.8 Å². The summed E-state index contributed by atoms with van der Waals surface area (Å²) in [4.78, 5) is 0.179. The van der Waals surface area contributed by atoms with Gasteiger partial charge in [-0.05, 0) is 38.1 Å². The molecule has 0 saturated carbocycles. The third kappa shape index (κ3) is 6.62. The van der Waals surface area contributed by atoms with E-state index < -0.39 is 15.6 Å².